The number of halogens is 1. The molecule has 0 bridgehead atoms. The zero-order valence-electron chi connectivity index (χ0n) is 11.5. The third-order valence-corrected chi connectivity index (χ3v) is 2.81. The van der Waals surface area contributed by atoms with E-state index in [2.05, 4.69) is 30.3 Å². The average molecular weight is 282 g/mol. The van der Waals surface area contributed by atoms with E-state index < -0.39 is 0 Å². The molecule has 0 aliphatic carbocycles. The Morgan fingerprint density at radius 3 is 2.68 bits per heavy atom. The third kappa shape index (κ3) is 3.89. The molecule has 0 aliphatic heterocycles. The van der Waals surface area contributed by atoms with Crippen LogP contribution in [0.15, 0.2) is 36.7 Å². The molecule has 0 unspecified atom stereocenters. The van der Waals surface area contributed by atoms with Crippen molar-refractivity contribution in [2.45, 2.75) is 26.4 Å². The number of rotatable bonds is 5. The van der Waals surface area contributed by atoms with Gasteiger partial charge in [-0.15, -0.1) is 12.4 Å². The number of para-hydroxylation sites is 1. The van der Waals surface area contributed by atoms with E-state index in [0.717, 1.165) is 23.5 Å². The van der Waals surface area contributed by atoms with Gasteiger partial charge in [-0.1, -0.05) is 18.2 Å². The van der Waals surface area contributed by atoms with Crippen molar-refractivity contribution in [2.24, 2.45) is 0 Å². The molecule has 1 aromatic carbocycles. The molecule has 5 heteroatoms. The highest BCUT2D eigenvalue weighted by Crippen LogP contribution is 2.19. The molecule has 104 valence electrons. The number of nitrogens with one attached hydrogen (secondary N) is 1. The van der Waals surface area contributed by atoms with Gasteiger partial charge in [0.25, 0.3) is 0 Å². The van der Waals surface area contributed by atoms with Crippen molar-refractivity contribution in [1.29, 1.82) is 0 Å². The first-order chi connectivity index (χ1) is 8.70. The quantitative estimate of drug-likeness (QED) is 0.912. The zero-order valence-corrected chi connectivity index (χ0v) is 12.3. The Balaban J connectivity index is 0.00000180. The summed E-state index contributed by atoms with van der Waals surface area (Å²) < 4.78 is 7.25. The van der Waals surface area contributed by atoms with Crippen LogP contribution in [0, 0.1) is 0 Å². The summed E-state index contributed by atoms with van der Waals surface area (Å²) in [6, 6.07) is 8.38. The maximum atomic E-state index is 5.32. The normalized spacial score (nSPS) is 10.1. The monoisotopic (exact) mass is 281 g/mol. The fourth-order valence-corrected chi connectivity index (χ4v) is 1.76. The number of aromatic nitrogens is 2. The van der Waals surface area contributed by atoms with E-state index in [1.54, 1.807) is 7.11 Å². The van der Waals surface area contributed by atoms with Gasteiger partial charge in [0.1, 0.15) is 5.75 Å². The van der Waals surface area contributed by atoms with E-state index in [1.165, 1.54) is 0 Å². The summed E-state index contributed by atoms with van der Waals surface area (Å²) in [5, 5.41) is 7.64. The number of ether oxygens (including phenoxy) is 1. The fraction of sp³-hybridized carbons (Fsp3) is 0.357. The Hall–Kier alpha value is -1.68. The van der Waals surface area contributed by atoms with Crippen molar-refractivity contribution >= 4 is 18.1 Å². The lowest BCUT2D eigenvalue weighted by Crippen LogP contribution is -2.02. The number of benzene rings is 1. The summed E-state index contributed by atoms with van der Waals surface area (Å²) >= 11 is 0. The van der Waals surface area contributed by atoms with Gasteiger partial charge in [-0.2, -0.15) is 5.10 Å². The zero-order chi connectivity index (χ0) is 13.0. The first kappa shape index (κ1) is 15.4. The van der Waals surface area contributed by atoms with Gasteiger partial charge in [-0.05, 0) is 19.9 Å². The van der Waals surface area contributed by atoms with Crippen molar-refractivity contribution in [3.05, 3.63) is 42.2 Å². The van der Waals surface area contributed by atoms with Gasteiger partial charge < -0.3 is 10.1 Å². The standard InChI is InChI=1S/C14H19N3O.ClH/c1-11(2)17-10-13(9-16-17)15-8-12-6-4-5-7-14(12)18-3;/h4-7,9-11,15H,8H2,1-3H3;1H. The largest absolute Gasteiger partial charge is 0.496 e. The van der Waals surface area contributed by atoms with Gasteiger partial charge in [-0.3, -0.25) is 4.68 Å². The number of hydrogen-bond acceptors (Lipinski definition) is 3. The molecule has 1 heterocycles. The summed E-state index contributed by atoms with van der Waals surface area (Å²) in [6.45, 7) is 4.95. The van der Waals surface area contributed by atoms with E-state index in [4.69, 9.17) is 4.74 Å². The lowest BCUT2D eigenvalue weighted by atomic mass is 10.2. The number of methoxy groups -OCH3 is 1. The predicted molar refractivity (Wildman–Crippen MR) is 80.2 cm³/mol. The van der Waals surface area contributed by atoms with Crippen LogP contribution in [0.3, 0.4) is 0 Å². The molecule has 0 aliphatic rings. The molecule has 0 spiro atoms. The molecular weight excluding hydrogens is 262 g/mol. The summed E-state index contributed by atoms with van der Waals surface area (Å²) in [7, 11) is 1.69. The minimum absolute atomic E-state index is 0. The first-order valence-corrected chi connectivity index (χ1v) is 6.10. The Morgan fingerprint density at radius 1 is 1.32 bits per heavy atom. The molecule has 19 heavy (non-hydrogen) atoms. The highest BCUT2D eigenvalue weighted by Gasteiger charge is 2.04. The second kappa shape index (κ2) is 7.04. The maximum absolute atomic E-state index is 5.32. The molecule has 1 aromatic heterocycles. The number of anilines is 1. The lowest BCUT2D eigenvalue weighted by molar-refractivity contribution is 0.410. The van der Waals surface area contributed by atoms with Gasteiger partial charge in [0.05, 0.1) is 19.0 Å². The van der Waals surface area contributed by atoms with Crippen LogP contribution >= 0.6 is 12.4 Å². The van der Waals surface area contributed by atoms with Gasteiger partial charge >= 0.3 is 0 Å². The SMILES string of the molecule is COc1ccccc1CNc1cnn(C(C)C)c1.Cl. The van der Waals surface area contributed by atoms with Gasteiger partial charge in [0.2, 0.25) is 0 Å². The highest BCUT2D eigenvalue weighted by molar-refractivity contribution is 5.85. The molecule has 0 fully saturated rings. The van der Waals surface area contributed by atoms with E-state index >= 15 is 0 Å². The van der Waals surface area contributed by atoms with Crippen molar-refractivity contribution in [2.75, 3.05) is 12.4 Å². The first-order valence-electron chi connectivity index (χ1n) is 6.10. The van der Waals surface area contributed by atoms with Crippen molar-refractivity contribution < 1.29 is 4.74 Å². The number of nitrogens with zero attached hydrogens (tertiary/aromatic N) is 2. The average Bonchev–Trinajstić information content (AvgIpc) is 2.85. The summed E-state index contributed by atoms with van der Waals surface area (Å²) in [5.41, 5.74) is 2.16. The fourth-order valence-electron chi connectivity index (χ4n) is 1.76. The molecule has 2 rings (SSSR count). The van der Waals surface area contributed by atoms with Crippen molar-refractivity contribution in [3.63, 3.8) is 0 Å². The third-order valence-electron chi connectivity index (χ3n) is 2.81. The minimum atomic E-state index is 0. The van der Waals surface area contributed by atoms with Gasteiger partial charge in [0, 0.05) is 24.3 Å². The van der Waals surface area contributed by atoms with Crippen LogP contribution in [-0.2, 0) is 6.54 Å². The summed E-state index contributed by atoms with van der Waals surface area (Å²) in [5.74, 6) is 0.904. The minimum Gasteiger partial charge on any atom is -0.496 e. The summed E-state index contributed by atoms with van der Waals surface area (Å²) in [6.07, 6.45) is 3.86. The van der Waals surface area contributed by atoms with Crippen LogP contribution < -0.4 is 10.1 Å². The van der Waals surface area contributed by atoms with Crippen LogP contribution in [0.5, 0.6) is 5.75 Å². The molecular formula is C14H20ClN3O. The van der Waals surface area contributed by atoms with Crippen LogP contribution in [0.4, 0.5) is 5.69 Å². The van der Waals surface area contributed by atoms with Crippen molar-refractivity contribution in [1.82, 2.24) is 9.78 Å². The van der Waals surface area contributed by atoms with E-state index in [1.807, 2.05) is 35.3 Å². The topological polar surface area (TPSA) is 39.1 Å². The molecule has 0 saturated carbocycles. The second-order valence-electron chi connectivity index (χ2n) is 4.47. The van der Waals surface area contributed by atoms with Gasteiger partial charge in [0.15, 0.2) is 0 Å². The molecule has 1 N–H and O–H groups in total. The Morgan fingerprint density at radius 2 is 2.05 bits per heavy atom. The molecule has 0 amide bonds. The molecule has 0 atom stereocenters. The molecule has 4 nitrogen and oxygen atoms in total. The van der Waals surface area contributed by atoms with E-state index in [-0.39, 0.29) is 12.4 Å². The highest BCUT2D eigenvalue weighted by atomic mass is 35.5. The van der Waals surface area contributed by atoms with Crippen LogP contribution in [0.25, 0.3) is 0 Å². The lowest BCUT2D eigenvalue weighted by Gasteiger charge is -2.09. The Labute approximate surface area is 120 Å². The van der Waals surface area contributed by atoms with Crippen LogP contribution in [0.1, 0.15) is 25.5 Å². The summed E-state index contributed by atoms with van der Waals surface area (Å²) in [4.78, 5) is 0. The smallest absolute Gasteiger partial charge is 0.123 e. The second-order valence-corrected chi connectivity index (χ2v) is 4.47. The van der Waals surface area contributed by atoms with E-state index in [0.29, 0.717) is 6.04 Å². The molecule has 0 radical (unpaired) electrons. The van der Waals surface area contributed by atoms with Crippen LogP contribution in [0.2, 0.25) is 0 Å². The predicted octanol–water partition coefficient (Wildman–Crippen LogP) is 3.51. The Kier molecular flexibility index (Phi) is 5.70. The van der Waals surface area contributed by atoms with Crippen molar-refractivity contribution in [3.8, 4) is 5.75 Å². The maximum Gasteiger partial charge on any atom is 0.123 e. The number of hydrogen-bond donors (Lipinski definition) is 1. The van der Waals surface area contributed by atoms with Gasteiger partial charge in [-0.25, -0.2) is 0 Å². The molecule has 2 aromatic rings. The Bertz CT molecular complexity index is 511. The van der Waals surface area contributed by atoms with E-state index in [9.17, 15) is 0 Å². The van der Waals surface area contributed by atoms with Crippen LogP contribution in [-0.4, -0.2) is 16.9 Å². The molecule has 0 saturated heterocycles.